The van der Waals surface area contributed by atoms with Gasteiger partial charge in [0.15, 0.2) is 5.78 Å². The Morgan fingerprint density at radius 2 is 1.12 bits per heavy atom. The van der Waals surface area contributed by atoms with Gasteiger partial charge in [0, 0.05) is 11.1 Å². The van der Waals surface area contributed by atoms with Gasteiger partial charge in [0.25, 0.3) is 0 Å². The maximum Gasteiger partial charge on any atom is 0.335 e. The second-order valence-electron chi connectivity index (χ2n) is 5.18. The van der Waals surface area contributed by atoms with Crippen LogP contribution in [0.15, 0.2) is 84.9 Å². The molecule has 3 heteroatoms. The summed E-state index contributed by atoms with van der Waals surface area (Å²) in [5.41, 5.74) is 2.87. The molecule has 0 amide bonds. The highest BCUT2D eigenvalue weighted by atomic mass is 16.4. The lowest BCUT2D eigenvalue weighted by Gasteiger charge is -2.03. The molecule has 3 aromatic carbocycles. The molecule has 0 aliphatic heterocycles. The standard InChI is InChI=1S/C14H12O.C7H6O2/c1-11-7-5-6-10-13(11)14(15)12-8-3-2-4-9-12;8-7(9)6-4-2-1-3-5-6/h2-10H,1H3;1-5H,(H,8,9). The van der Waals surface area contributed by atoms with Crippen molar-refractivity contribution in [1.29, 1.82) is 0 Å². The molecule has 0 saturated carbocycles. The van der Waals surface area contributed by atoms with Crippen LogP contribution in [0.25, 0.3) is 0 Å². The molecule has 120 valence electrons. The predicted octanol–water partition coefficient (Wildman–Crippen LogP) is 4.61. The second-order valence-corrected chi connectivity index (χ2v) is 5.18. The van der Waals surface area contributed by atoms with Gasteiger partial charge in [-0.1, -0.05) is 72.8 Å². The van der Waals surface area contributed by atoms with E-state index in [9.17, 15) is 9.59 Å². The van der Waals surface area contributed by atoms with Crippen LogP contribution in [-0.4, -0.2) is 16.9 Å². The average Bonchev–Trinajstić information content (AvgIpc) is 2.63. The van der Waals surface area contributed by atoms with Gasteiger partial charge in [0.05, 0.1) is 5.56 Å². The Morgan fingerprint density at radius 1 is 0.667 bits per heavy atom. The van der Waals surface area contributed by atoms with Gasteiger partial charge in [-0.05, 0) is 24.6 Å². The lowest BCUT2D eigenvalue weighted by atomic mass is 9.99. The van der Waals surface area contributed by atoms with Gasteiger partial charge in [-0.3, -0.25) is 4.79 Å². The summed E-state index contributed by atoms with van der Waals surface area (Å²) in [6.45, 7) is 1.95. The first-order chi connectivity index (χ1) is 11.6. The molecular weight excluding hydrogens is 300 g/mol. The molecule has 0 heterocycles. The highest BCUT2D eigenvalue weighted by Crippen LogP contribution is 2.13. The minimum atomic E-state index is -0.879. The quantitative estimate of drug-likeness (QED) is 0.717. The summed E-state index contributed by atoms with van der Waals surface area (Å²) in [6, 6.07) is 25.3. The molecule has 0 spiro atoms. The fourth-order valence-corrected chi connectivity index (χ4v) is 2.15. The summed E-state index contributed by atoms with van der Waals surface area (Å²) < 4.78 is 0. The molecule has 3 rings (SSSR count). The zero-order valence-electron chi connectivity index (χ0n) is 13.3. The Kier molecular flexibility index (Phi) is 6.03. The zero-order chi connectivity index (χ0) is 17.4. The van der Waals surface area contributed by atoms with Crippen molar-refractivity contribution in [2.45, 2.75) is 6.92 Å². The highest BCUT2D eigenvalue weighted by Gasteiger charge is 2.09. The van der Waals surface area contributed by atoms with E-state index in [1.54, 1.807) is 30.3 Å². The number of hydrogen-bond acceptors (Lipinski definition) is 2. The van der Waals surface area contributed by atoms with E-state index in [1.807, 2.05) is 61.5 Å². The number of carboxylic acid groups (broad SMARTS) is 1. The Balaban J connectivity index is 0.000000198. The van der Waals surface area contributed by atoms with Gasteiger partial charge in [0.1, 0.15) is 0 Å². The Hall–Kier alpha value is -3.20. The normalized spacial score (nSPS) is 9.54. The van der Waals surface area contributed by atoms with Gasteiger partial charge in [0.2, 0.25) is 0 Å². The molecule has 3 aromatic rings. The summed E-state index contributed by atoms with van der Waals surface area (Å²) >= 11 is 0. The van der Waals surface area contributed by atoms with Crippen LogP contribution >= 0.6 is 0 Å². The number of carbonyl (C=O) groups excluding carboxylic acids is 1. The van der Waals surface area contributed by atoms with Crippen LogP contribution in [0.2, 0.25) is 0 Å². The molecular formula is C21H18O3. The van der Waals surface area contributed by atoms with E-state index in [0.717, 1.165) is 16.7 Å². The number of benzene rings is 3. The van der Waals surface area contributed by atoms with E-state index in [4.69, 9.17) is 5.11 Å². The SMILES string of the molecule is Cc1ccccc1C(=O)c1ccccc1.O=C(O)c1ccccc1. The number of carbonyl (C=O) groups is 2. The fourth-order valence-electron chi connectivity index (χ4n) is 2.15. The summed E-state index contributed by atoms with van der Waals surface area (Å²) in [5, 5.41) is 8.38. The Labute approximate surface area is 141 Å². The molecule has 0 unspecified atom stereocenters. The van der Waals surface area contributed by atoms with Crippen molar-refractivity contribution in [3.05, 3.63) is 107 Å². The van der Waals surface area contributed by atoms with Crippen LogP contribution in [0, 0.1) is 6.92 Å². The number of rotatable bonds is 3. The van der Waals surface area contributed by atoms with E-state index in [0.29, 0.717) is 5.56 Å². The highest BCUT2D eigenvalue weighted by molar-refractivity contribution is 6.09. The molecule has 0 bridgehead atoms. The molecule has 3 nitrogen and oxygen atoms in total. The Morgan fingerprint density at radius 3 is 1.58 bits per heavy atom. The van der Waals surface area contributed by atoms with Crippen LogP contribution < -0.4 is 0 Å². The lowest BCUT2D eigenvalue weighted by Crippen LogP contribution is -2.02. The topological polar surface area (TPSA) is 54.4 Å². The molecule has 0 aromatic heterocycles. The minimum absolute atomic E-state index is 0.0914. The van der Waals surface area contributed by atoms with Gasteiger partial charge in [-0.2, -0.15) is 0 Å². The van der Waals surface area contributed by atoms with Crippen LogP contribution in [0.3, 0.4) is 0 Å². The van der Waals surface area contributed by atoms with Crippen LogP contribution in [0.5, 0.6) is 0 Å². The van der Waals surface area contributed by atoms with E-state index in [2.05, 4.69) is 0 Å². The van der Waals surface area contributed by atoms with Crippen molar-refractivity contribution in [1.82, 2.24) is 0 Å². The third-order valence-corrected chi connectivity index (χ3v) is 3.45. The van der Waals surface area contributed by atoms with Crippen molar-refractivity contribution < 1.29 is 14.7 Å². The molecule has 0 saturated heterocycles. The van der Waals surface area contributed by atoms with Crippen LogP contribution in [0.4, 0.5) is 0 Å². The summed E-state index contributed by atoms with van der Waals surface area (Å²) in [7, 11) is 0. The monoisotopic (exact) mass is 318 g/mol. The first-order valence-electron chi connectivity index (χ1n) is 7.53. The first-order valence-corrected chi connectivity index (χ1v) is 7.53. The minimum Gasteiger partial charge on any atom is -0.478 e. The summed E-state index contributed by atoms with van der Waals surface area (Å²) in [5.74, 6) is -0.788. The summed E-state index contributed by atoms with van der Waals surface area (Å²) in [4.78, 5) is 22.3. The van der Waals surface area contributed by atoms with E-state index in [-0.39, 0.29) is 5.78 Å². The molecule has 0 aliphatic carbocycles. The van der Waals surface area contributed by atoms with Crippen molar-refractivity contribution >= 4 is 11.8 Å². The molecule has 24 heavy (non-hydrogen) atoms. The molecule has 0 fully saturated rings. The van der Waals surface area contributed by atoms with Gasteiger partial charge in [-0.25, -0.2) is 4.79 Å². The maximum absolute atomic E-state index is 12.1. The van der Waals surface area contributed by atoms with Crippen LogP contribution in [-0.2, 0) is 0 Å². The smallest absolute Gasteiger partial charge is 0.335 e. The second kappa shape index (κ2) is 8.44. The molecule has 1 N–H and O–H groups in total. The zero-order valence-corrected chi connectivity index (χ0v) is 13.3. The Bertz CT molecular complexity index is 809. The largest absolute Gasteiger partial charge is 0.478 e. The fraction of sp³-hybridized carbons (Fsp3) is 0.0476. The van der Waals surface area contributed by atoms with E-state index in [1.165, 1.54) is 0 Å². The predicted molar refractivity (Wildman–Crippen MR) is 94.5 cm³/mol. The lowest BCUT2D eigenvalue weighted by molar-refractivity contribution is 0.0696. The third-order valence-electron chi connectivity index (χ3n) is 3.45. The average molecular weight is 318 g/mol. The maximum atomic E-state index is 12.1. The van der Waals surface area contributed by atoms with Crippen molar-refractivity contribution in [3.8, 4) is 0 Å². The number of hydrogen-bond donors (Lipinski definition) is 1. The van der Waals surface area contributed by atoms with Gasteiger partial charge < -0.3 is 5.11 Å². The van der Waals surface area contributed by atoms with Crippen LogP contribution in [0.1, 0.15) is 31.8 Å². The van der Waals surface area contributed by atoms with Crippen molar-refractivity contribution in [2.75, 3.05) is 0 Å². The molecule has 0 radical (unpaired) electrons. The number of ketones is 1. The third kappa shape index (κ3) is 4.65. The van der Waals surface area contributed by atoms with Crippen molar-refractivity contribution in [3.63, 3.8) is 0 Å². The molecule has 0 atom stereocenters. The van der Waals surface area contributed by atoms with Crippen molar-refractivity contribution in [2.24, 2.45) is 0 Å². The number of aryl methyl sites for hydroxylation is 1. The molecule has 0 aliphatic rings. The summed E-state index contributed by atoms with van der Waals surface area (Å²) in [6.07, 6.45) is 0. The number of aromatic carboxylic acids is 1. The van der Waals surface area contributed by atoms with E-state index < -0.39 is 5.97 Å². The van der Waals surface area contributed by atoms with Gasteiger partial charge in [-0.15, -0.1) is 0 Å². The van der Waals surface area contributed by atoms with Gasteiger partial charge >= 0.3 is 5.97 Å². The van der Waals surface area contributed by atoms with E-state index >= 15 is 0 Å². The first kappa shape index (κ1) is 17.2. The number of carboxylic acids is 1.